The Morgan fingerprint density at radius 1 is 1.27 bits per heavy atom. The summed E-state index contributed by atoms with van der Waals surface area (Å²) in [5.74, 6) is -0.365. The number of esters is 1. The van der Waals surface area contributed by atoms with E-state index in [1.165, 1.54) is 13.4 Å². The Balaban J connectivity index is 1.96. The first-order valence-corrected chi connectivity index (χ1v) is 7.57. The van der Waals surface area contributed by atoms with Gasteiger partial charge in [-0.25, -0.2) is 4.79 Å². The van der Waals surface area contributed by atoms with Crippen molar-refractivity contribution in [2.45, 2.75) is 25.9 Å². The van der Waals surface area contributed by atoms with Crippen molar-refractivity contribution < 1.29 is 13.9 Å². The average Bonchev–Trinajstić information content (AvgIpc) is 2.94. The zero-order chi connectivity index (χ0) is 15.9. The molecule has 1 saturated heterocycles. The Kier molecular flexibility index (Phi) is 3.83. The third kappa shape index (κ3) is 2.46. The molecule has 2 heterocycles. The summed E-state index contributed by atoms with van der Waals surface area (Å²) in [6.45, 7) is 6.41. The normalized spacial score (nSPS) is 23.0. The molecule has 2 atom stereocenters. The van der Waals surface area contributed by atoms with Crippen molar-refractivity contribution in [1.82, 2.24) is 4.90 Å². The van der Waals surface area contributed by atoms with Gasteiger partial charge in [0.15, 0.2) is 0 Å². The Bertz CT molecular complexity index is 682. The maximum atomic E-state index is 11.8. The highest BCUT2D eigenvalue weighted by atomic mass is 16.5. The molecule has 118 valence electrons. The van der Waals surface area contributed by atoms with Crippen molar-refractivity contribution >= 4 is 22.6 Å². The number of hydrogen-bond donors (Lipinski definition) is 0. The van der Waals surface area contributed by atoms with Crippen LogP contribution in [0.5, 0.6) is 0 Å². The molecule has 0 bridgehead atoms. The summed E-state index contributed by atoms with van der Waals surface area (Å²) in [7, 11) is 3.55. The standard InChI is InChI=1S/C17H22N2O3/c1-11-8-19(9-12(2)18(11)3)13-5-6-16-14(7-13)15(10-22-16)17(20)21-4/h5-7,10-12H,8-9H2,1-4H3/t11-,12+. The topological polar surface area (TPSA) is 45.9 Å². The molecule has 1 fully saturated rings. The Morgan fingerprint density at radius 2 is 1.95 bits per heavy atom. The van der Waals surface area contributed by atoms with Gasteiger partial charge in [-0.15, -0.1) is 0 Å². The Morgan fingerprint density at radius 3 is 2.59 bits per heavy atom. The first-order valence-electron chi connectivity index (χ1n) is 7.57. The molecule has 0 amide bonds. The number of likely N-dealkylation sites (N-methyl/N-ethyl adjacent to an activating group) is 1. The fraction of sp³-hybridized carbons (Fsp3) is 0.471. The smallest absolute Gasteiger partial charge is 0.341 e. The number of fused-ring (bicyclic) bond motifs is 1. The molecule has 0 saturated carbocycles. The van der Waals surface area contributed by atoms with E-state index in [1.54, 1.807) is 0 Å². The number of ether oxygens (including phenoxy) is 1. The van der Waals surface area contributed by atoms with Gasteiger partial charge in [0.2, 0.25) is 0 Å². The molecule has 1 aliphatic rings. The summed E-state index contributed by atoms with van der Waals surface area (Å²) in [5, 5.41) is 0.809. The van der Waals surface area contributed by atoms with Crippen molar-refractivity contribution in [1.29, 1.82) is 0 Å². The lowest BCUT2D eigenvalue weighted by Gasteiger charge is -2.43. The van der Waals surface area contributed by atoms with E-state index in [4.69, 9.17) is 9.15 Å². The fourth-order valence-corrected chi connectivity index (χ4v) is 3.10. The predicted molar refractivity (Wildman–Crippen MR) is 86.5 cm³/mol. The summed E-state index contributed by atoms with van der Waals surface area (Å²) in [5.41, 5.74) is 2.31. The molecular weight excluding hydrogens is 280 g/mol. The van der Waals surface area contributed by atoms with Crippen LogP contribution in [0.2, 0.25) is 0 Å². The van der Waals surface area contributed by atoms with Gasteiger partial charge in [0, 0.05) is 36.2 Å². The number of carbonyl (C=O) groups excluding carboxylic acids is 1. The summed E-state index contributed by atoms with van der Waals surface area (Å²) in [4.78, 5) is 16.6. The largest absolute Gasteiger partial charge is 0.465 e. The van der Waals surface area contributed by atoms with Gasteiger partial charge in [0.05, 0.1) is 7.11 Å². The van der Waals surface area contributed by atoms with Gasteiger partial charge in [-0.05, 0) is 39.1 Å². The van der Waals surface area contributed by atoms with Crippen molar-refractivity contribution in [2.75, 3.05) is 32.1 Å². The van der Waals surface area contributed by atoms with Gasteiger partial charge in [-0.3, -0.25) is 4.90 Å². The van der Waals surface area contributed by atoms with Gasteiger partial charge < -0.3 is 14.1 Å². The highest BCUT2D eigenvalue weighted by molar-refractivity contribution is 6.04. The van der Waals surface area contributed by atoms with Crippen LogP contribution < -0.4 is 4.90 Å². The Hall–Kier alpha value is -2.01. The fourth-order valence-electron chi connectivity index (χ4n) is 3.10. The van der Waals surface area contributed by atoms with Crippen LogP contribution in [0.3, 0.4) is 0 Å². The van der Waals surface area contributed by atoms with Gasteiger partial charge in [-0.2, -0.15) is 0 Å². The molecule has 0 radical (unpaired) electrons. The number of furan rings is 1. The predicted octanol–water partition coefficient (Wildman–Crippen LogP) is 2.75. The molecule has 0 spiro atoms. The molecular formula is C17H22N2O3. The van der Waals surface area contributed by atoms with Crippen LogP contribution in [-0.2, 0) is 4.74 Å². The lowest BCUT2D eigenvalue weighted by atomic mass is 10.1. The molecule has 0 N–H and O–H groups in total. The summed E-state index contributed by atoms with van der Waals surface area (Å²) < 4.78 is 10.3. The van der Waals surface area contributed by atoms with E-state index in [0.717, 1.165) is 24.2 Å². The van der Waals surface area contributed by atoms with Gasteiger partial charge in [0.25, 0.3) is 0 Å². The van der Waals surface area contributed by atoms with Gasteiger partial charge in [0.1, 0.15) is 17.4 Å². The third-order valence-electron chi connectivity index (χ3n) is 4.69. The summed E-state index contributed by atoms with van der Waals surface area (Å²) in [6, 6.07) is 6.98. The van der Waals surface area contributed by atoms with Crippen molar-refractivity contribution in [2.24, 2.45) is 0 Å². The number of rotatable bonds is 2. The van der Waals surface area contributed by atoms with Crippen LogP contribution in [0.4, 0.5) is 5.69 Å². The first kappa shape index (κ1) is 14.9. The number of piperazine rings is 1. The second-order valence-corrected chi connectivity index (χ2v) is 6.09. The second-order valence-electron chi connectivity index (χ2n) is 6.09. The monoisotopic (exact) mass is 302 g/mol. The average molecular weight is 302 g/mol. The minimum atomic E-state index is -0.365. The van der Waals surface area contributed by atoms with Gasteiger partial charge in [-0.1, -0.05) is 0 Å². The van der Waals surface area contributed by atoms with Crippen LogP contribution in [0.1, 0.15) is 24.2 Å². The van der Waals surface area contributed by atoms with E-state index in [2.05, 4.69) is 36.8 Å². The number of benzene rings is 1. The Labute approximate surface area is 130 Å². The lowest BCUT2D eigenvalue weighted by molar-refractivity contribution is 0.0602. The minimum absolute atomic E-state index is 0.365. The van der Waals surface area contributed by atoms with Crippen LogP contribution in [0, 0.1) is 0 Å². The molecule has 1 aromatic heterocycles. The highest BCUT2D eigenvalue weighted by Gasteiger charge is 2.27. The van der Waals surface area contributed by atoms with Gasteiger partial charge >= 0.3 is 5.97 Å². The number of methoxy groups -OCH3 is 1. The minimum Gasteiger partial charge on any atom is -0.465 e. The summed E-state index contributed by atoms with van der Waals surface area (Å²) >= 11 is 0. The van der Waals surface area contributed by atoms with Crippen molar-refractivity contribution in [3.8, 4) is 0 Å². The van der Waals surface area contributed by atoms with E-state index in [0.29, 0.717) is 23.2 Å². The molecule has 3 rings (SSSR count). The van der Waals surface area contributed by atoms with Crippen LogP contribution in [0.15, 0.2) is 28.9 Å². The van der Waals surface area contributed by atoms with E-state index in [-0.39, 0.29) is 5.97 Å². The number of anilines is 1. The number of nitrogens with zero attached hydrogens (tertiary/aromatic N) is 2. The van der Waals surface area contributed by atoms with Crippen molar-refractivity contribution in [3.05, 3.63) is 30.0 Å². The lowest BCUT2D eigenvalue weighted by Crippen LogP contribution is -2.55. The molecule has 0 aliphatic carbocycles. The molecule has 5 nitrogen and oxygen atoms in total. The zero-order valence-corrected chi connectivity index (χ0v) is 13.5. The van der Waals surface area contributed by atoms with E-state index in [9.17, 15) is 4.79 Å². The third-order valence-corrected chi connectivity index (χ3v) is 4.69. The van der Waals surface area contributed by atoms with E-state index < -0.39 is 0 Å². The summed E-state index contributed by atoms with van der Waals surface area (Å²) in [6.07, 6.45) is 1.47. The maximum absolute atomic E-state index is 11.8. The van der Waals surface area contributed by atoms with Crippen LogP contribution >= 0.6 is 0 Å². The highest BCUT2D eigenvalue weighted by Crippen LogP contribution is 2.29. The molecule has 2 aromatic rings. The number of hydrogen-bond acceptors (Lipinski definition) is 5. The second kappa shape index (κ2) is 5.65. The van der Waals surface area contributed by atoms with Crippen LogP contribution in [0.25, 0.3) is 11.0 Å². The molecule has 5 heteroatoms. The molecule has 1 aromatic carbocycles. The molecule has 0 unspecified atom stereocenters. The zero-order valence-electron chi connectivity index (χ0n) is 13.5. The molecule has 1 aliphatic heterocycles. The van der Waals surface area contributed by atoms with Crippen molar-refractivity contribution in [3.63, 3.8) is 0 Å². The number of carbonyl (C=O) groups is 1. The van der Waals surface area contributed by atoms with E-state index >= 15 is 0 Å². The SMILES string of the molecule is COC(=O)c1coc2ccc(N3C[C@@H](C)N(C)[C@@H](C)C3)cc12. The van der Waals surface area contributed by atoms with E-state index in [1.807, 2.05) is 12.1 Å². The van der Waals surface area contributed by atoms with Crippen LogP contribution in [-0.4, -0.2) is 50.2 Å². The first-order chi connectivity index (χ1) is 10.5. The maximum Gasteiger partial charge on any atom is 0.341 e. The quantitative estimate of drug-likeness (QED) is 0.798. The molecule has 22 heavy (non-hydrogen) atoms.